The third kappa shape index (κ3) is 4.93. The summed E-state index contributed by atoms with van der Waals surface area (Å²) in [6.07, 6.45) is 1.37. The first kappa shape index (κ1) is 22.2. The number of halogens is 3. The first-order valence-electron chi connectivity index (χ1n) is 10.1. The molecule has 0 saturated carbocycles. The average molecular weight is 452 g/mol. The number of H-pyrrole nitrogens is 1. The highest BCUT2D eigenvalue weighted by Gasteiger charge is 2.22. The molecule has 0 fully saturated rings. The number of aromatic nitrogens is 3. The number of pyridine rings is 1. The zero-order valence-corrected chi connectivity index (χ0v) is 17.2. The molecule has 0 aliphatic rings. The van der Waals surface area contributed by atoms with Gasteiger partial charge < -0.3 is 10.4 Å². The van der Waals surface area contributed by atoms with Crippen molar-refractivity contribution in [2.75, 3.05) is 6.61 Å². The van der Waals surface area contributed by atoms with Crippen molar-refractivity contribution in [1.29, 1.82) is 0 Å². The van der Waals surface area contributed by atoms with Crippen molar-refractivity contribution in [2.45, 2.75) is 12.5 Å². The summed E-state index contributed by atoms with van der Waals surface area (Å²) in [6, 6.07) is 13.1. The number of aliphatic hydroxyl groups is 1. The number of nitrogens with one attached hydrogen (secondary N) is 2. The Labute approximate surface area is 187 Å². The van der Waals surface area contributed by atoms with Crippen LogP contribution in [0.25, 0.3) is 22.5 Å². The summed E-state index contributed by atoms with van der Waals surface area (Å²) >= 11 is 0. The molecule has 1 amide bonds. The molecule has 0 spiro atoms. The van der Waals surface area contributed by atoms with Gasteiger partial charge in [0.05, 0.1) is 40.9 Å². The molecule has 4 aromatic rings. The van der Waals surface area contributed by atoms with Gasteiger partial charge in [-0.15, -0.1) is 0 Å². The second kappa shape index (κ2) is 9.66. The molecular formula is C24H19F3N4O2. The normalized spacial score (nSPS) is 11.9. The Balaban J connectivity index is 1.60. The first-order chi connectivity index (χ1) is 16.0. The van der Waals surface area contributed by atoms with Gasteiger partial charge in [-0.3, -0.25) is 14.9 Å². The van der Waals surface area contributed by atoms with Crippen molar-refractivity contribution in [3.05, 3.63) is 95.6 Å². The summed E-state index contributed by atoms with van der Waals surface area (Å²) in [5, 5.41) is 19.2. The molecule has 2 heterocycles. The van der Waals surface area contributed by atoms with E-state index in [1.165, 1.54) is 48.7 Å². The zero-order chi connectivity index (χ0) is 23.4. The summed E-state index contributed by atoms with van der Waals surface area (Å²) < 4.78 is 41.9. The fourth-order valence-corrected chi connectivity index (χ4v) is 3.43. The summed E-state index contributed by atoms with van der Waals surface area (Å²) in [6.45, 7) is -0.469. The van der Waals surface area contributed by atoms with E-state index in [0.717, 1.165) is 0 Å². The molecule has 9 heteroatoms. The van der Waals surface area contributed by atoms with E-state index in [-0.39, 0.29) is 28.9 Å². The Bertz CT molecular complexity index is 1270. The number of rotatable bonds is 7. The molecule has 0 radical (unpaired) electrons. The fraction of sp³-hybridized carbons (Fsp3) is 0.125. The van der Waals surface area contributed by atoms with Gasteiger partial charge in [-0.1, -0.05) is 6.07 Å². The van der Waals surface area contributed by atoms with E-state index in [1.54, 1.807) is 18.2 Å². The Kier molecular flexibility index (Phi) is 6.50. The molecule has 2 aromatic carbocycles. The Hall–Kier alpha value is -3.98. The van der Waals surface area contributed by atoms with Gasteiger partial charge in [0.1, 0.15) is 17.5 Å². The second-order valence-electron chi connectivity index (χ2n) is 7.33. The van der Waals surface area contributed by atoms with E-state index in [0.29, 0.717) is 11.3 Å². The molecule has 0 saturated heterocycles. The van der Waals surface area contributed by atoms with Gasteiger partial charge in [-0.25, -0.2) is 13.2 Å². The Morgan fingerprint density at radius 2 is 1.79 bits per heavy atom. The van der Waals surface area contributed by atoms with Gasteiger partial charge in [0.2, 0.25) is 0 Å². The predicted octanol–water partition coefficient (Wildman–Crippen LogP) is 3.89. The van der Waals surface area contributed by atoms with E-state index < -0.39 is 36.0 Å². The van der Waals surface area contributed by atoms with E-state index in [1.807, 2.05) is 0 Å². The third-order valence-electron chi connectivity index (χ3n) is 5.08. The number of carbonyl (C=O) groups excluding carboxylic acids is 1. The maximum Gasteiger partial charge on any atom is 0.252 e. The molecule has 0 bridgehead atoms. The predicted molar refractivity (Wildman–Crippen MR) is 116 cm³/mol. The molecule has 3 N–H and O–H groups in total. The van der Waals surface area contributed by atoms with Gasteiger partial charge in [-0.2, -0.15) is 5.10 Å². The molecule has 33 heavy (non-hydrogen) atoms. The number of nitrogens with zero attached hydrogens (tertiary/aromatic N) is 2. The van der Waals surface area contributed by atoms with Crippen LogP contribution in [0.5, 0.6) is 0 Å². The minimum Gasteiger partial charge on any atom is -0.394 e. The van der Waals surface area contributed by atoms with Crippen molar-refractivity contribution in [3.8, 4) is 22.5 Å². The molecule has 0 aliphatic heterocycles. The van der Waals surface area contributed by atoms with Crippen LogP contribution >= 0.6 is 0 Å². The van der Waals surface area contributed by atoms with Crippen LogP contribution in [0.15, 0.2) is 66.9 Å². The maximum absolute atomic E-state index is 14.8. The minimum atomic E-state index is -0.841. The van der Waals surface area contributed by atoms with Crippen molar-refractivity contribution in [2.24, 2.45) is 0 Å². The van der Waals surface area contributed by atoms with Gasteiger partial charge in [0.15, 0.2) is 0 Å². The van der Waals surface area contributed by atoms with Crippen molar-refractivity contribution >= 4 is 5.91 Å². The molecule has 168 valence electrons. The van der Waals surface area contributed by atoms with E-state index in [2.05, 4.69) is 20.5 Å². The van der Waals surface area contributed by atoms with E-state index in [9.17, 15) is 23.1 Å². The van der Waals surface area contributed by atoms with Gasteiger partial charge >= 0.3 is 0 Å². The number of hydrogen-bond acceptors (Lipinski definition) is 4. The number of amides is 1. The SMILES string of the molecule is O=C(N[C@@H](CO)Cc1ncccc1F)c1cccc(F)c1-c1cc(-c2ccc(F)cc2)[nH]n1. The lowest BCUT2D eigenvalue weighted by molar-refractivity contribution is 0.0916. The highest BCUT2D eigenvalue weighted by molar-refractivity contribution is 6.01. The van der Waals surface area contributed by atoms with Crippen LogP contribution in [-0.2, 0) is 6.42 Å². The van der Waals surface area contributed by atoms with Gasteiger partial charge in [0.25, 0.3) is 5.91 Å². The summed E-state index contributed by atoms with van der Waals surface area (Å²) in [5.41, 5.74) is 1.36. The van der Waals surface area contributed by atoms with E-state index >= 15 is 0 Å². The minimum absolute atomic E-state index is 0.00732. The molecule has 4 rings (SSSR count). The number of hydrogen-bond donors (Lipinski definition) is 3. The highest BCUT2D eigenvalue weighted by atomic mass is 19.1. The monoisotopic (exact) mass is 452 g/mol. The van der Waals surface area contributed by atoms with Crippen LogP contribution in [0, 0.1) is 17.5 Å². The second-order valence-corrected chi connectivity index (χ2v) is 7.33. The van der Waals surface area contributed by atoms with Crippen molar-refractivity contribution < 1.29 is 23.1 Å². The van der Waals surface area contributed by atoms with E-state index in [4.69, 9.17) is 0 Å². The number of carbonyl (C=O) groups is 1. The highest BCUT2D eigenvalue weighted by Crippen LogP contribution is 2.29. The molecule has 0 aliphatic carbocycles. The Morgan fingerprint density at radius 1 is 1.03 bits per heavy atom. The van der Waals surface area contributed by atoms with Gasteiger partial charge in [0, 0.05) is 12.6 Å². The van der Waals surface area contributed by atoms with Crippen LogP contribution in [-0.4, -0.2) is 38.8 Å². The van der Waals surface area contributed by atoms with Crippen LogP contribution in [0.1, 0.15) is 16.1 Å². The maximum atomic E-state index is 14.8. The molecule has 0 unspecified atom stereocenters. The lowest BCUT2D eigenvalue weighted by Gasteiger charge is -2.17. The smallest absolute Gasteiger partial charge is 0.252 e. The molecule has 1 atom stereocenters. The summed E-state index contributed by atoms with van der Waals surface area (Å²) in [5.74, 6) is -2.28. The van der Waals surface area contributed by atoms with Crippen molar-refractivity contribution in [1.82, 2.24) is 20.5 Å². The van der Waals surface area contributed by atoms with Crippen LogP contribution < -0.4 is 5.32 Å². The third-order valence-corrected chi connectivity index (χ3v) is 5.08. The van der Waals surface area contributed by atoms with Gasteiger partial charge in [-0.05, 0) is 60.2 Å². The van der Waals surface area contributed by atoms with Crippen molar-refractivity contribution in [3.63, 3.8) is 0 Å². The fourth-order valence-electron chi connectivity index (χ4n) is 3.43. The largest absolute Gasteiger partial charge is 0.394 e. The first-order valence-corrected chi connectivity index (χ1v) is 10.1. The quantitative estimate of drug-likeness (QED) is 0.397. The standard InChI is InChI=1S/C24H19F3N4O2/c25-15-8-6-14(7-9-15)20-12-22(31-30-20)23-17(3-1-4-19(23)27)24(33)29-16(13-32)11-21-18(26)5-2-10-28-21/h1-10,12,16,32H,11,13H2,(H,29,33)(H,30,31)/t16-/m1/s1. The van der Waals surface area contributed by atoms with Crippen LogP contribution in [0.4, 0.5) is 13.2 Å². The molecule has 2 aromatic heterocycles. The number of aliphatic hydroxyl groups excluding tert-OH is 1. The number of benzene rings is 2. The lowest BCUT2D eigenvalue weighted by Crippen LogP contribution is -2.39. The molecule has 6 nitrogen and oxygen atoms in total. The lowest BCUT2D eigenvalue weighted by atomic mass is 10.0. The zero-order valence-electron chi connectivity index (χ0n) is 17.2. The van der Waals surface area contributed by atoms with Crippen LogP contribution in [0.3, 0.4) is 0 Å². The topological polar surface area (TPSA) is 90.9 Å². The average Bonchev–Trinajstić information content (AvgIpc) is 3.30. The Morgan fingerprint density at radius 3 is 2.52 bits per heavy atom. The number of aromatic amines is 1. The summed E-state index contributed by atoms with van der Waals surface area (Å²) in [4.78, 5) is 16.9. The molecular weight excluding hydrogens is 433 g/mol. The van der Waals surface area contributed by atoms with Crippen LogP contribution in [0.2, 0.25) is 0 Å². The summed E-state index contributed by atoms with van der Waals surface area (Å²) in [7, 11) is 0.